The molecule has 2 N–H and O–H groups in total. The first kappa shape index (κ1) is 16.8. The Balaban J connectivity index is 1.89. The fourth-order valence-corrected chi connectivity index (χ4v) is 2.23. The Morgan fingerprint density at radius 1 is 1.30 bits per heavy atom. The maximum atomic E-state index is 11.5. The molecular weight excluding hydrogens is 320 g/mol. The van der Waals surface area contributed by atoms with Crippen molar-refractivity contribution in [2.45, 2.75) is 12.1 Å². The predicted molar refractivity (Wildman–Crippen MR) is 84.3 cm³/mol. The summed E-state index contributed by atoms with van der Waals surface area (Å²) in [6.45, 7) is 1.87. The molecule has 0 radical (unpaired) electrons. The molecule has 122 valence electrons. The van der Waals surface area contributed by atoms with Gasteiger partial charge in [-0.3, -0.25) is 15.2 Å². The molecule has 0 saturated heterocycles. The molecule has 2 aromatic rings. The molecule has 0 atom stereocenters. The van der Waals surface area contributed by atoms with Crippen LogP contribution in [0.25, 0.3) is 11.4 Å². The Labute approximate surface area is 137 Å². The Kier molecular flexibility index (Phi) is 5.98. The highest BCUT2D eigenvalue weighted by molar-refractivity contribution is 7.99. The summed E-state index contributed by atoms with van der Waals surface area (Å²) in [6, 6.07) is 7.33. The minimum absolute atomic E-state index is 0.0126. The number of benzene rings is 1. The third-order valence-corrected chi connectivity index (χ3v) is 3.52. The molecular formula is C14H16N4O4S. The van der Waals surface area contributed by atoms with Crippen molar-refractivity contribution in [2.24, 2.45) is 0 Å². The van der Waals surface area contributed by atoms with Gasteiger partial charge in [0.1, 0.15) is 5.75 Å². The summed E-state index contributed by atoms with van der Waals surface area (Å²) in [5.41, 5.74) is 0.848. The third kappa shape index (κ3) is 4.99. The third-order valence-electron chi connectivity index (χ3n) is 2.68. The van der Waals surface area contributed by atoms with Gasteiger partial charge in [0.2, 0.25) is 11.1 Å². The number of thioether (sulfide) groups is 1. The van der Waals surface area contributed by atoms with Gasteiger partial charge in [-0.25, -0.2) is 9.78 Å². The number of nitrogens with zero attached hydrogens (tertiary/aromatic N) is 2. The molecule has 0 unspecified atom stereocenters. The number of nitrogens with one attached hydrogen (secondary N) is 2. The monoisotopic (exact) mass is 336 g/mol. The largest absolute Gasteiger partial charge is 0.497 e. The summed E-state index contributed by atoms with van der Waals surface area (Å²) in [4.78, 5) is 26.9. The molecule has 9 heteroatoms. The van der Waals surface area contributed by atoms with Crippen molar-refractivity contribution in [1.29, 1.82) is 0 Å². The average molecular weight is 336 g/mol. The highest BCUT2D eigenvalue weighted by Gasteiger charge is 2.11. The van der Waals surface area contributed by atoms with Crippen molar-refractivity contribution < 1.29 is 19.1 Å². The molecule has 8 nitrogen and oxygen atoms in total. The Hall–Kier alpha value is -2.55. The highest BCUT2D eigenvalue weighted by Crippen LogP contribution is 2.21. The smallest absolute Gasteiger partial charge is 0.413 e. The van der Waals surface area contributed by atoms with E-state index in [2.05, 4.69) is 25.2 Å². The normalized spacial score (nSPS) is 10.2. The molecule has 2 rings (SSSR count). The molecule has 0 bridgehead atoms. The molecule has 0 spiro atoms. The van der Waals surface area contributed by atoms with E-state index in [-0.39, 0.29) is 12.4 Å². The molecule has 0 aliphatic carbocycles. The van der Waals surface area contributed by atoms with E-state index in [9.17, 15) is 9.59 Å². The number of aromatic nitrogens is 3. The van der Waals surface area contributed by atoms with Crippen molar-refractivity contribution in [3.05, 3.63) is 24.3 Å². The van der Waals surface area contributed by atoms with E-state index >= 15 is 0 Å². The Bertz CT molecular complexity index is 672. The van der Waals surface area contributed by atoms with Gasteiger partial charge in [-0.05, 0) is 31.2 Å². The van der Waals surface area contributed by atoms with Crippen LogP contribution in [0.2, 0.25) is 0 Å². The number of imide groups is 1. The summed E-state index contributed by atoms with van der Waals surface area (Å²) in [5.74, 6) is 0.877. The molecule has 0 fully saturated rings. The van der Waals surface area contributed by atoms with Gasteiger partial charge in [0, 0.05) is 5.56 Å². The fraction of sp³-hybridized carbons (Fsp3) is 0.286. The maximum absolute atomic E-state index is 11.5. The summed E-state index contributed by atoms with van der Waals surface area (Å²) >= 11 is 1.11. The van der Waals surface area contributed by atoms with E-state index in [0.717, 1.165) is 23.1 Å². The number of H-pyrrole nitrogens is 1. The second kappa shape index (κ2) is 8.18. The number of methoxy groups -OCH3 is 1. The molecule has 0 aliphatic heterocycles. The van der Waals surface area contributed by atoms with Crippen LogP contribution in [-0.2, 0) is 9.53 Å². The van der Waals surface area contributed by atoms with Crippen LogP contribution in [0.15, 0.2) is 29.4 Å². The SMILES string of the molecule is CCOC(=O)NC(=O)CSc1n[nH]c(-c2ccc(OC)cc2)n1. The minimum Gasteiger partial charge on any atom is -0.497 e. The van der Waals surface area contributed by atoms with Crippen molar-refractivity contribution in [1.82, 2.24) is 20.5 Å². The van der Waals surface area contributed by atoms with Crippen LogP contribution in [0.3, 0.4) is 0 Å². The number of carbonyl (C=O) groups excluding carboxylic acids is 2. The van der Waals surface area contributed by atoms with E-state index < -0.39 is 12.0 Å². The summed E-state index contributed by atoms with van der Waals surface area (Å²) in [6.07, 6.45) is -0.757. The van der Waals surface area contributed by atoms with Gasteiger partial charge in [0.25, 0.3) is 0 Å². The van der Waals surface area contributed by atoms with E-state index in [4.69, 9.17) is 4.74 Å². The van der Waals surface area contributed by atoms with Crippen LogP contribution in [0.4, 0.5) is 4.79 Å². The van der Waals surface area contributed by atoms with Crippen LogP contribution < -0.4 is 10.1 Å². The van der Waals surface area contributed by atoms with E-state index in [0.29, 0.717) is 11.0 Å². The quantitative estimate of drug-likeness (QED) is 0.775. The number of hydrogen-bond donors (Lipinski definition) is 2. The number of amides is 2. The lowest BCUT2D eigenvalue weighted by Gasteiger charge is -2.02. The average Bonchev–Trinajstić information content (AvgIpc) is 3.02. The van der Waals surface area contributed by atoms with Crippen molar-refractivity contribution >= 4 is 23.8 Å². The minimum atomic E-state index is -0.757. The predicted octanol–water partition coefficient (Wildman–Crippen LogP) is 1.85. The van der Waals surface area contributed by atoms with E-state index in [1.807, 2.05) is 24.3 Å². The standard InChI is InChI=1S/C14H16N4O4S/c1-3-22-14(20)15-11(19)8-23-13-16-12(17-18-13)9-4-6-10(21-2)7-5-9/h4-7H,3,8H2,1-2H3,(H,15,19,20)(H,16,17,18). The fourth-order valence-electron chi connectivity index (χ4n) is 1.64. The lowest BCUT2D eigenvalue weighted by Crippen LogP contribution is -2.32. The highest BCUT2D eigenvalue weighted by atomic mass is 32.2. The van der Waals surface area contributed by atoms with Crippen LogP contribution in [-0.4, -0.2) is 46.7 Å². The molecule has 2 amide bonds. The zero-order valence-corrected chi connectivity index (χ0v) is 13.5. The van der Waals surface area contributed by atoms with Crippen LogP contribution in [0, 0.1) is 0 Å². The van der Waals surface area contributed by atoms with Crippen LogP contribution in [0.1, 0.15) is 6.92 Å². The number of rotatable bonds is 6. The summed E-state index contributed by atoms with van der Waals surface area (Å²) in [7, 11) is 1.60. The van der Waals surface area contributed by atoms with Gasteiger partial charge < -0.3 is 9.47 Å². The lowest BCUT2D eigenvalue weighted by molar-refractivity contribution is -0.117. The van der Waals surface area contributed by atoms with Crippen molar-refractivity contribution in [3.63, 3.8) is 0 Å². The first-order chi connectivity index (χ1) is 11.1. The maximum Gasteiger partial charge on any atom is 0.413 e. The zero-order chi connectivity index (χ0) is 16.7. The first-order valence-corrected chi connectivity index (χ1v) is 7.77. The number of aromatic amines is 1. The molecule has 1 aromatic carbocycles. The van der Waals surface area contributed by atoms with E-state index in [1.165, 1.54) is 0 Å². The van der Waals surface area contributed by atoms with Crippen molar-refractivity contribution in [3.8, 4) is 17.1 Å². The number of hydrogen-bond acceptors (Lipinski definition) is 7. The molecule has 1 heterocycles. The van der Waals surface area contributed by atoms with Gasteiger partial charge in [-0.1, -0.05) is 11.8 Å². The van der Waals surface area contributed by atoms with Gasteiger partial charge in [0.15, 0.2) is 5.82 Å². The van der Waals surface area contributed by atoms with E-state index in [1.54, 1.807) is 14.0 Å². The molecule has 0 aliphatic rings. The van der Waals surface area contributed by atoms with Crippen LogP contribution in [0.5, 0.6) is 5.75 Å². The van der Waals surface area contributed by atoms with Crippen LogP contribution >= 0.6 is 11.8 Å². The van der Waals surface area contributed by atoms with Crippen molar-refractivity contribution in [2.75, 3.05) is 19.5 Å². The summed E-state index contributed by atoms with van der Waals surface area (Å²) < 4.78 is 9.71. The number of alkyl carbamates (subject to hydrolysis) is 1. The summed E-state index contributed by atoms with van der Waals surface area (Å²) in [5, 5.41) is 9.33. The van der Waals surface area contributed by atoms with Gasteiger partial charge in [-0.2, -0.15) is 0 Å². The molecule has 0 saturated carbocycles. The van der Waals surface area contributed by atoms with Gasteiger partial charge in [0.05, 0.1) is 19.5 Å². The second-order valence-corrected chi connectivity index (χ2v) is 5.19. The van der Waals surface area contributed by atoms with Gasteiger partial charge in [-0.15, -0.1) is 5.10 Å². The first-order valence-electron chi connectivity index (χ1n) is 6.78. The zero-order valence-electron chi connectivity index (χ0n) is 12.7. The van der Waals surface area contributed by atoms with Gasteiger partial charge >= 0.3 is 6.09 Å². The Morgan fingerprint density at radius 2 is 2.04 bits per heavy atom. The Morgan fingerprint density at radius 3 is 2.70 bits per heavy atom. The topological polar surface area (TPSA) is 106 Å². The second-order valence-electron chi connectivity index (χ2n) is 4.25. The lowest BCUT2D eigenvalue weighted by atomic mass is 10.2. The molecule has 1 aromatic heterocycles. The molecule has 23 heavy (non-hydrogen) atoms. The number of ether oxygens (including phenoxy) is 2. The number of carbonyl (C=O) groups is 2.